The number of rotatable bonds is 4. The molecule has 16 heavy (non-hydrogen) atoms. The molecular weight excluding hydrogens is 198 g/mol. The molecule has 0 aliphatic carbocycles. The van der Waals surface area contributed by atoms with Crippen LogP contribution in [0.15, 0.2) is 24.3 Å². The predicted molar refractivity (Wildman–Crippen MR) is 65.8 cm³/mol. The van der Waals surface area contributed by atoms with Crippen LogP contribution in [0.1, 0.15) is 36.3 Å². The molecular formula is C14H19NO. The van der Waals surface area contributed by atoms with E-state index in [1.54, 1.807) is 0 Å². The van der Waals surface area contributed by atoms with Crippen LogP contribution in [0.25, 0.3) is 0 Å². The number of likely N-dealkylation sites (N-methyl/N-ethyl adjacent to an activating group) is 1. The van der Waals surface area contributed by atoms with Gasteiger partial charge in [0.25, 0.3) is 0 Å². The van der Waals surface area contributed by atoms with Gasteiger partial charge in [-0.1, -0.05) is 31.2 Å². The lowest BCUT2D eigenvalue weighted by atomic mass is 9.88. The Morgan fingerprint density at radius 2 is 2.25 bits per heavy atom. The second kappa shape index (κ2) is 4.79. The third kappa shape index (κ3) is 2.33. The fourth-order valence-electron chi connectivity index (χ4n) is 2.31. The highest BCUT2D eigenvalue weighted by Crippen LogP contribution is 2.28. The molecule has 1 unspecified atom stereocenters. The first kappa shape index (κ1) is 11.3. The summed E-state index contributed by atoms with van der Waals surface area (Å²) in [5.74, 6) is 1.03. The van der Waals surface area contributed by atoms with Gasteiger partial charge in [0.2, 0.25) is 0 Å². The van der Waals surface area contributed by atoms with E-state index in [1.807, 2.05) is 0 Å². The standard InChI is InChI=1S/C14H19NO/c1-11(6-7-16)12-4-3-5-13(8-12)14-9-15(2)10-14/h3-5,7-8,11,14H,6,9-10H2,1-2H3. The molecule has 0 saturated carbocycles. The van der Waals surface area contributed by atoms with Crippen LogP contribution in [0.3, 0.4) is 0 Å². The summed E-state index contributed by atoms with van der Waals surface area (Å²) in [5.41, 5.74) is 2.72. The molecule has 0 spiro atoms. The largest absolute Gasteiger partial charge is 0.305 e. The highest BCUT2D eigenvalue weighted by atomic mass is 16.1. The van der Waals surface area contributed by atoms with Crippen molar-refractivity contribution in [2.75, 3.05) is 20.1 Å². The Labute approximate surface area is 97.3 Å². The Balaban J connectivity index is 2.10. The van der Waals surface area contributed by atoms with Crippen LogP contribution in [-0.4, -0.2) is 31.3 Å². The van der Waals surface area contributed by atoms with E-state index in [9.17, 15) is 4.79 Å². The van der Waals surface area contributed by atoms with Crippen molar-refractivity contribution in [2.24, 2.45) is 0 Å². The summed E-state index contributed by atoms with van der Waals surface area (Å²) in [6.07, 6.45) is 1.63. The first-order valence-corrected chi connectivity index (χ1v) is 5.92. The number of aldehydes is 1. The number of nitrogens with zero attached hydrogens (tertiary/aromatic N) is 1. The third-order valence-corrected chi connectivity index (χ3v) is 3.47. The van der Waals surface area contributed by atoms with Gasteiger partial charge >= 0.3 is 0 Å². The molecule has 0 bridgehead atoms. The maximum atomic E-state index is 10.5. The Morgan fingerprint density at radius 3 is 2.88 bits per heavy atom. The molecule has 86 valence electrons. The van der Waals surface area contributed by atoms with Crippen LogP contribution < -0.4 is 0 Å². The van der Waals surface area contributed by atoms with Gasteiger partial charge < -0.3 is 9.69 Å². The van der Waals surface area contributed by atoms with Crippen molar-refractivity contribution in [2.45, 2.75) is 25.2 Å². The smallest absolute Gasteiger partial charge is 0.120 e. The SMILES string of the molecule is CC(CC=O)c1cccc(C2CN(C)C2)c1. The molecule has 1 aliphatic heterocycles. The third-order valence-electron chi connectivity index (χ3n) is 3.47. The van der Waals surface area contributed by atoms with Crippen LogP contribution in [0.5, 0.6) is 0 Å². The lowest BCUT2D eigenvalue weighted by Crippen LogP contribution is -2.41. The van der Waals surface area contributed by atoms with Crippen LogP contribution in [0, 0.1) is 0 Å². The van der Waals surface area contributed by atoms with E-state index in [0.717, 1.165) is 19.4 Å². The average Bonchev–Trinajstić information content (AvgIpc) is 2.25. The van der Waals surface area contributed by atoms with Gasteiger partial charge in [0, 0.05) is 25.4 Å². The summed E-state index contributed by atoms with van der Waals surface area (Å²) < 4.78 is 0. The van der Waals surface area contributed by atoms with Gasteiger partial charge in [-0.3, -0.25) is 0 Å². The summed E-state index contributed by atoms with van der Waals surface area (Å²) in [7, 11) is 2.15. The van der Waals surface area contributed by atoms with Gasteiger partial charge in [-0.05, 0) is 24.1 Å². The van der Waals surface area contributed by atoms with Crippen molar-refractivity contribution in [1.29, 1.82) is 0 Å². The molecule has 1 saturated heterocycles. The van der Waals surface area contributed by atoms with Gasteiger partial charge in [-0.15, -0.1) is 0 Å². The van der Waals surface area contributed by atoms with Crippen LogP contribution in [0.2, 0.25) is 0 Å². The number of likely N-dealkylation sites (tertiary alicyclic amines) is 1. The summed E-state index contributed by atoms with van der Waals surface area (Å²) in [5, 5.41) is 0. The fraction of sp³-hybridized carbons (Fsp3) is 0.500. The van der Waals surface area contributed by atoms with Crippen LogP contribution in [-0.2, 0) is 4.79 Å². The van der Waals surface area contributed by atoms with E-state index < -0.39 is 0 Å². The lowest BCUT2D eigenvalue weighted by molar-refractivity contribution is -0.108. The van der Waals surface area contributed by atoms with Crippen molar-refractivity contribution >= 4 is 6.29 Å². The molecule has 1 fully saturated rings. The van der Waals surface area contributed by atoms with Gasteiger partial charge in [-0.2, -0.15) is 0 Å². The molecule has 0 amide bonds. The van der Waals surface area contributed by atoms with Gasteiger partial charge in [0.1, 0.15) is 6.29 Å². The lowest BCUT2D eigenvalue weighted by Gasteiger charge is -2.36. The van der Waals surface area contributed by atoms with E-state index in [-0.39, 0.29) is 0 Å². The minimum atomic E-state index is 0.343. The zero-order valence-electron chi connectivity index (χ0n) is 10.0. The highest BCUT2D eigenvalue weighted by molar-refractivity contribution is 5.51. The Morgan fingerprint density at radius 1 is 1.50 bits per heavy atom. The number of carbonyl (C=O) groups is 1. The summed E-state index contributed by atoms with van der Waals surface area (Å²) in [4.78, 5) is 12.8. The molecule has 1 heterocycles. The normalized spacial score (nSPS) is 19.1. The van der Waals surface area contributed by atoms with Crippen molar-refractivity contribution in [1.82, 2.24) is 4.90 Å². The maximum Gasteiger partial charge on any atom is 0.120 e. The zero-order valence-corrected chi connectivity index (χ0v) is 10.0. The quantitative estimate of drug-likeness (QED) is 0.722. The van der Waals surface area contributed by atoms with Crippen molar-refractivity contribution in [3.63, 3.8) is 0 Å². The van der Waals surface area contributed by atoms with E-state index in [2.05, 4.69) is 43.1 Å². The summed E-state index contributed by atoms with van der Waals surface area (Å²) in [6.45, 7) is 4.43. The van der Waals surface area contributed by atoms with Crippen molar-refractivity contribution in [3.8, 4) is 0 Å². The topological polar surface area (TPSA) is 20.3 Å². The molecule has 0 N–H and O–H groups in total. The second-order valence-corrected chi connectivity index (χ2v) is 4.89. The van der Waals surface area contributed by atoms with Gasteiger partial charge in [0.05, 0.1) is 0 Å². The average molecular weight is 217 g/mol. The van der Waals surface area contributed by atoms with E-state index >= 15 is 0 Å². The second-order valence-electron chi connectivity index (χ2n) is 4.89. The number of benzene rings is 1. The highest BCUT2D eigenvalue weighted by Gasteiger charge is 2.24. The molecule has 1 atom stereocenters. The molecule has 1 aromatic carbocycles. The molecule has 2 nitrogen and oxygen atoms in total. The predicted octanol–water partition coefficient (Wildman–Crippen LogP) is 2.41. The van der Waals surface area contributed by atoms with Crippen molar-refractivity contribution in [3.05, 3.63) is 35.4 Å². The number of hydrogen-bond donors (Lipinski definition) is 0. The van der Waals surface area contributed by atoms with E-state index in [4.69, 9.17) is 0 Å². The molecule has 1 aliphatic rings. The van der Waals surface area contributed by atoms with E-state index in [0.29, 0.717) is 18.3 Å². The number of carbonyl (C=O) groups excluding carboxylic acids is 1. The van der Waals surface area contributed by atoms with Crippen LogP contribution >= 0.6 is 0 Å². The monoisotopic (exact) mass is 217 g/mol. The first-order valence-electron chi connectivity index (χ1n) is 5.92. The fourth-order valence-corrected chi connectivity index (χ4v) is 2.31. The minimum absolute atomic E-state index is 0.343. The minimum Gasteiger partial charge on any atom is -0.305 e. The summed E-state index contributed by atoms with van der Waals surface area (Å²) >= 11 is 0. The van der Waals surface area contributed by atoms with E-state index in [1.165, 1.54) is 11.1 Å². The number of hydrogen-bond acceptors (Lipinski definition) is 2. The van der Waals surface area contributed by atoms with Gasteiger partial charge in [-0.25, -0.2) is 0 Å². The van der Waals surface area contributed by atoms with Crippen molar-refractivity contribution < 1.29 is 4.79 Å². The first-order chi connectivity index (χ1) is 7.70. The zero-order chi connectivity index (χ0) is 11.5. The molecule has 2 heteroatoms. The summed E-state index contributed by atoms with van der Waals surface area (Å²) in [6, 6.07) is 8.71. The Kier molecular flexibility index (Phi) is 3.39. The molecule has 1 aromatic rings. The Hall–Kier alpha value is -1.15. The molecule has 0 radical (unpaired) electrons. The maximum absolute atomic E-state index is 10.5. The molecule has 0 aromatic heterocycles. The van der Waals surface area contributed by atoms with Gasteiger partial charge in [0.15, 0.2) is 0 Å². The van der Waals surface area contributed by atoms with Crippen LogP contribution in [0.4, 0.5) is 0 Å². The molecule has 2 rings (SSSR count). The Bertz CT molecular complexity index is 369.